The van der Waals surface area contributed by atoms with Crippen LogP contribution < -0.4 is 10.0 Å². The van der Waals surface area contributed by atoms with Crippen molar-refractivity contribution in [3.05, 3.63) is 30.1 Å². The molecule has 0 saturated heterocycles. The number of nitrogens with zero attached hydrogens (tertiary/aromatic N) is 3. The van der Waals surface area contributed by atoms with Crippen molar-refractivity contribution < 1.29 is 15.0 Å². The molecule has 0 unspecified atom stereocenters. The van der Waals surface area contributed by atoms with Crippen LogP contribution in [-0.4, -0.2) is 44.3 Å². The van der Waals surface area contributed by atoms with Gasteiger partial charge in [-0.25, -0.2) is 9.97 Å². The van der Waals surface area contributed by atoms with Crippen molar-refractivity contribution in [1.29, 1.82) is 0 Å². The third-order valence-corrected chi connectivity index (χ3v) is 5.12. The zero-order valence-corrected chi connectivity index (χ0v) is 16.2. The van der Waals surface area contributed by atoms with Gasteiger partial charge in [-0.05, 0) is 25.1 Å². The molecule has 0 aliphatic rings. The van der Waals surface area contributed by atoms with Crippen LogP contribution in [-0.2, 0) is 4.79 Å². The van der Waals surface area contributed by atoms with E-state index in [4.69, 9.17) is 10.2 Å². The summed E-state index contributed by atoms with van der Waals surface area (Å²) in [6.45, 7) is 1.39. The first kappa shape index (κ1) is 19.5. The fourth-order valence-corrected chi connectivity index (χ4v) is 3.52. The van der Waals surface area contributed by atoms with Gasteiger partial charge in [0, 0.05) is 37.3 Å². The van der Waals surface area contributed by atoms with E-state index in [1.165, 1.54) is 11.3 Å². The van der Waals surface area contributed by atoms with Crippen LogP contribution in [0.2, 0.25) is 0 Å². The molecule has 0 radical (unpaired) electrons. The van der Waals surface area contributed by atoms with Gasteiger partial charge in [-0.1, -0.05) is 24.2 Å². The maximum Gasteiger partial charge on any atom is 0.226 e. The maximum absolute atomic E-state index is 12.0. The molecule has 0 fully saturated rings. The summed E-state index contributed by atoms with van der Waals surface area (Å²) in [5, 5.41) is 21.3. The lowest BCUT2D eigenvalue weighted by molar-refractivity contribution is -0.117. The highest BCUT2D eigenvalue weighted by Crippen LogP contribution is 2.29. The fraction of sp³-hybridized carbons (Fsp3) is 0.294. The molecule has 10 heteroatoms. The van der Waals surface area contributed by atoms with Crippen molar-refractivity contribution in [2.24, 2.45) is 5.92 Å². The molecule has 0 atom stereocenters. The number of rotatable bonds is 7. The van der Waals surface area contributed by atoms with Gasteiger partial charge in [-0.2, -0.15) is 0 Å². The van der Waals surface area contributed by atoms with Gasteiger partial charge >= 0.3 is 0 Å². The summed E-state index contributed by atoms with van der Waals surface area (Å²) in [4.78, 5) is 26.0. The maximum atomic E-state index is 12.0. The molecular weight excluding hydrogens is 386 g/mol. The smallest absolute Gasteiger partial charge is 0.226 e. The topological polar surface area (TPSA) is 120 Å². The number of nitrogens with one attached hydrogen (secondary N) is 2. The number of aromatic nitrogens is 3. The van der Waals surface area contributed by atoms with Crippen molar-refractivity contribution in [2.75, 3.05) is 23.3 Å². The summed E-state index contributed by atoms with van der Waals surface area (Å²) < 4.78 is 2.80. The number of pyridine rings is 2. The van der Waals surface area contributed by atoms with Gasteiger partial charge in [0.1, 0.15) is 10.3 Å². The van der Waals surface area contributed by atoms with Gasteiger partial charge in [0.15, 0.2) is 5.13 Å². The van der Waals surface area contributed by atoms with E-state index in [1.54, 1.807) is 6.20 Å². The highest BCUT2D eigenvalue weighted by molar-refractivity contribution is 7.81. The number of fused-ring (bicyclic) bond motifs is 1. The summed E-state index contributed by atoms with van der Waals surface area (Å²) in [5.74, 6) is -0.789. The number of thiol groups is 1. The molecule has 0 aliphatic carbocycles. The number of aliphatic hydroxyl groups excluding tert-OH is 2. The molecule has 27 heavy (non-hydrogen) atoms. The van der Waals surface area contributed by atoms with E-state index in [0.29, 0.717) is 15.5 Å². The average molecular weight is 406 g/mol. The fourth-order valence-electron chi connectivity index (χ4n) is 2.44. The number of hydrogen-bond acceptors (Lipinski definition) is 9. The monoisotopic (exact) mass is 405 g/mol. The number of hydrogen-bond donors (Lipinski definition) is 5. The molecule has 0 spiro atoms. The Morgan fingerprint density at radius 2 is 2.07 bits per heavy atom. The standard InChI is InChI=1S/C17H19N5O3S2/c1-9-14(22-26)5-11(6-18-9)12-2-3-13-16(19-12)27-17(20-13)21-15(25)4-10(7-23)8-24/h2-3,5-6,10,22-24,26H,4,7-8H2,1H3,(H,20,21,25). The largest absolute Gasteiger partial charge is 0.396 e. The van der Waals surface area contributed by atoms with Gasteiger partial charge in [-0.15, -0.1) is 0 Å². The van der Waals surface area contributed by atoms with Gasteiger partial charge in [0.25, 0.3) is 0 Å². The summed E-state index contributed by atoms with van der Waals surface area (Å²) in [5.41, 5.74) is 3.89. The van der Waals surface area contributed by atoms with E-state index >= 15 is 0 Å². The Morgan fingerprint density at radius 3 is 2.78 bits per heavy atom. The molecule has 1 amide bonds. The highest BCUT2D eigenvalue weighted by atomic mass is 32.1. The number of amides is 1. The molecule has 0 aliphatic heterocycles. The summed E-state index contributed by atoms with van der Waals surface area (Å²) in [6, 6.07) is 5.59. The first-order valence-electron chi connectivity index (χ1n) is 8.20. The molecule has 4 N–H and O–H groups in total. The molecule has 0 aromatic carbocycles. The molecule has 3 heterocycles. The van der Waals surface area contributed by atoms with Crippen LogP contribution in [0.5, 0.6) is 0 Å². The number of anilines is 2. The lowest BCUT2D eigenvalue weighted by Gasteiger charge is -2.09. The number of carbonyl (C=O) groups is 1. The predicted molar refractivity (Wildman–Crippen MR) is 109 cm³/mol. The van der Waals surface area contributed by atoms with E-state index in [1.807, 2.05) is 25.1 Å². The van der Waals surface area contributed by atoms with Gasteiger partial charge in [-0.3, -0.25) is 9.78 Å². The molecule has 3 rings (SSSR count). The quantitative estimate of drug-likeness (QED) is 0.382. The molecule has 3 aromatic rings. The summed E-state index contributed by atoms with van der Waals surface area (Å²) in [6.07, 6.45) is 1.77. The number of thiazole rings is 1. The van der Waals surface area contributed by atoms with Gasteiger partial charge in [0.05, 0.1) is 17.1 Å². The van der Waals surface area contributed by atoms with Crippen LogP contribution in [0.25, 0.3) is 21.6 Å². The molecule has 8 nitrogen and oxygen atoms in total. The lowest BCUT2D eigenvalue weighted by atomic mass is 10.1. The molecule has 3 aromatic heterocycles. The minimum atomic E-state index is -0.479. The van der Waals surface area contributed by atoms with Gasteiger partial charge < -0.3 is 20.3 Å². The Kier molecular flexibility index (Phi) is 6.22. The van der Waals surface area contributed by atoms with Crippen molar-refractivity contribution in [3.63, 3.8) is 0 Å². The Labute approximate surface area is 165 Å². The minimum absolute atomic E-state index is 0.0240. The van der Waals surface area contributed by atoms with Crippen LogP contribution >= 0.6 is 24.2 Å². The van der Waals surface area contributed by atoms with Crippen LogP contribution in [0.1, 0.15) is 12.1 Å². The van der Waals surface area contributed by atoms with Crippen molar-refractivity contribution in [2.45, 2.75) is 13.3 Å². The Balaban J connectivity index is 1.82. The van der Waals surface area contributed by atoms with E-state index in [9.17, 15) is 4.79 Å². The van der Waals surface area contributed by atoms with E-state index in [2.05, 4.69) is 37.8 Å². The third-order valence-electron chi connectivity index (χ3n) is 4.00. The van der Waals surface area contributed by atoms with Gasteiger partial charge in [0.2, 0.25) is 5.91 Å². The SMILES string of the molecule is Cc1ncc(-c2ccc3nc(NC(=O)CC(CO)CO)sc3n2)cc1NS. The zero-order chi connectivity index (χ0) is 19.4. The average Bonchev–Trinajstić information content (AvgIpc) is 3.07. The lowest BCUT2D eigenvalue weighted by Crippen LogP contribution is -2.21. The van der Waals surface area contributed by atoms with E-state index in [0.717, 1.165) is 22.6 Å². The summed E-state index contributed by atoms with van der Waals surface area (Å²) in [7, 11) is 0. The van der Waals surface area contributed by atoms with Crippen molar-refractivity contribution in [3.8, 4) is 11.3 Å². The minimum Gasteiger partial charge on any atom is -0.396 e. The van der Waals surface area contributed by atoms with Crippen LogP contribution in [0.15, 0.2) is 24.4 Å². The first-order chi connectivity index (χ1) is 13.0. The molecule has 0 saturated carbocycles. The third kappa shape index (κ3) is 4.53. The van der Waals surface area contributed by atoms with E-state index in [-0.39, 0.29) is 25.5 Å². The molecule has 0 bridgehead atoms. The Morgan fingerprint density at radius 1 is 1.30 bits per heavy atom. The predicted octanol–water partition coefficient (Wildman–Crippen LogP) is 2.25. The number of carbonyl (C=O) groups excluding carboxylic acids is 1. The Hall–Kier alpha value is -2.27. The summed E-state index contributed by atoms with van der Waals surface area (Å²) >= 11 is 5.34. The van der Waals surface area contributed by atoms with Crippen LogP contribution in [0.4, 0.5) is 10.8 Å². The number of aliphatic hydroxyl groups is 2. The second-order valence-electron chi connectivity index (χ2n) is 5.99. The van der Waals surface area contributed by atoms with Crippen molar-refractivity contribution >= 4 is 51.2 Å². The second-order valence-corrected chi connectivity index (χ2v) is 7.19. The van der Waals surface area contributed by atoms with Crippen LogP contribution in [0, 0.1) is 12.8 Å². The zero-order valence-electron chi connectivity index (χ0n) is 14.5. The van der Waals surface area contributed by atoms with E-state index < -0.39 is 5.92 Å². The molecule has 142 valence electrons. The Bertz CT molecular complexity index is 959. The first-order valence-corrected chi connectivity index (χ1v) is 9.46. The highest BCUT2D eigenvalue weighted by Gasteiger charge is 2.15. The normalized spacial score (nSPS) is 11.1. The number of aryl methyl sites for hydroxylation is 1. The molecular formula is C17H19N5O3S2. The second kappa shape index (κ2) is 8.61. The van der Waals surface area contributed by atoms with Crippen LogP contribution in [0.3, 0.4) is 0 Å². The van der Waals surface area contributed by atoms with Crippen molar-refractivity contribution in [1.82, 2.24) is 15.0 Å².